The molecular weight excluding hydrogens is 367 g/mol. The van der Waals surface area contributed by atoms with Gasteiger partial charge in [-0.3, -0.25) is 4.79 Å². The number of carbonyl (C=O) groups excluding carboxylic acids is 1. The van der Waals surface area contributed by atoms with Crippen LogP contribution in [0.15, 0.2) is 0 Å². The Balaban J connectivity index is 0.00000324. The average molecular weight is 392 g/mol. The van der Waals surface area contributed by atoms with Crippen LogP contribution in [0.5, 0.6) is 0 Å². The van der Waals surface area contributed by atoms with Crippen molar-refractivity contribution in [2.24, 2.45) is 5.73 Å². The fourth-order valence-electron chi connectivity index (χ4n) is 2.04. The molecule has 3 unspecified atom stereocenters. The summed E-state index contributed by atoms with van der Waals surface area (Å²) < 4.78 is 0. The van der Waals surface area contributed by atoms with Gasteiger partial charge in [0, 0.05) is 37.7 Å². The Labute approximate surface area is 138 Å². The van der Waals surface area contributed by atoms with Gasteiger partial charge < -0.3 is 18.0 Å². The number of hydrogen-bond acceptors (Lipinski definition) is 5. The van der Waals surface area contributed by atoms with Gasteiger partial charge in [0.05, 0.1) is 6.04 Å². The van der Waals surface area contributed by atoms with Crippen LogP contribution in [-0.4, -0.2) is 35.4 Å². The maximum atomic E-state index is 11.9. The minimum absolute atomic E-state index is 0. The number of unbranched alkanes of at least 4 members (excludes halogenated alkanes) is 1. The zero-order valence-corrected chi connectivity index (χ0v) is 14.8. The van der Waals surface area contributed by atoms with E-state index in [4.69, 9.17) is 5.73 Å². The van der Waals surface area contributed by atoms with Gasteiger partial charge in [0.15, 0.2) is 0 Å². The molecule has 3 atom stereocenters. The van der Waals surface area contributed by atoms with Gasteiger partial charge >= 0.3 is 0 Å². The monoisotopic (exact) mass is 392 g/mol. The van der Waals surface area contributed by atoms with Crippen molar-refractivity contribution in [1.82, 2.24) is 5.32 Å². The van der Waals surface area contributed by atoms with Crippen molar-refractivity contribution in [3.05, 3.63) is 6.92 Å². The Bertz CT molecular complexity index is 257. The van der Waals surface area contributed by atoms with Crippen LogP contribution in [0, 0.1) is 6.92 Å². The molecule has 6 heteroatoms. The van der Waals surface area contributed by atoms with Crippen molar-refractivity contribution in [2.75, 3.05) is 13.1 Å². The summed E-state index contributed by atoms with van der Waals surface area (Å²) in [5.74, 6) is 0.328. The summed E-state index contributed by atoms with van der Waals surface area (Å²) >= 11 is 0. The number of nitrogens with two attached hydrogens (primary N) is 1. The minimum Gasteiger partial charge on any atom is -0.330 e. The van der Waals surface area contributed by atoms with E-state index in [9.17, 15) is 4.79 Å². The summed E-state index contributed by atoms with van der Waals surface area (Å²) in [5, 5.41) is 4.54. The Morgan fingerprint density at radius 1 is 1.47 bits per heavy atom. The molecule has 115 valence electrons. The maximum Gasteiger partial charge on any atom is 0.149 e. The smallest absolute Gasteiger partial charge is 0.149 e. The van der Waals surface area contributed by atoms with E-state index < -0.39 is 0 Å². The maximum absolute atomic E-state index is 11.9. The first kappa shape index (κ1) is 19.9. The van der Waals surface area contributed by atoms with Gasteiger partial charge in [-0.2, -0.15) is 0 Å². The van der Waals surface area contributed by atoms with Crippen molar-refractivity contribution in [3.8, 4) is 0 Å². The van der Waals surface area contributed by atoms with Crippen molar-refractivity contribution in [1.29, 1.82) is 0 Å². The topological polar surface area (TPSA) is 55.1 Å². The fourth-order valence-corrected chi connectivity index (χ4v) is 4.88. The van der Waals surface area contributed by atoms with Crippen LogP contribution in [-0.2, 0) is 24.3 Å². The third-order valence-electron chi connectivity index (χ3n) is 3.13. The molecule has 1 fully saturated rings. The summed E-state index contributed by atoms with van der Waals surface area (Å²) in [5.41, 5.74) is 5.49. The Kier molecular flexibility index (Phi) is 12.1. The first-order valence-corrected chi connectivity index (χ1v) is 9.06. The van der Waals surface area contributed by atoms with Crippen LogP contribution in [0.3, 0.4) is 0 Å². The number of Topliss-reactive ketones (excluding diaryl/α,β-unsaturated/α-hetero) is 1. The molecule has 1 aliphatic heterocycles. The van der Waals surface area contributed by atoms with Crippen molar-refractivity contribution >= 4 is 27.4 Å². The van der Waals surface area contributed by atoms with E-state index in [-0.39, 0.29) is 25.5 Å². The second-order valence-corrected chi connectivity index (χ2v) is 7.61. The number of nitrogens with one attached hydrogen (secondary N) is 1. The zero-order valence-electron chi connectivity index (χ0n) is 11.5. The molecule has 0 bridgehead atoms. The van der Waals surface area contributed by atoms with Gasteiger partial charge in [-0.25, -0.2) is 0 Å². The van der Waals surface area contributed by atoms with Crippen LogP contribution in [0.4, 0.5) is 0 Å². The standard InChI is InChI=1S/C13H25N2OS2.Rh/c1-3-13(16)12(6-4-5-7-14)15-9-11-8-10(2)17-18-11;/h10-12,15H,2-9,14H2,1H3;/q-1;. The van der Waals surface area contributed by atoms with E-state index in [0.29, 0.717) is 29.2 Å². The minimum atomic E-state index is 0. The molecule has 1 heterocycles. The number of carbonyl (C=O) groups is 1. The third kappa shape index (κ3) is 8.06. The molecule has 0 aromatic carbocycles. The summed E-state index contributed by atoms with van der Waals surface area (Å²) in [4.78, 5) is 11.9. The predicted molar refractivity (Wildman–Crippen MR) is 82.7 cm³/mol. The fraction of sp³-hybridized carbons (Fsp3) is 0.846. The van der Waals surface area contributed by atoms with E-state index in [1.165, 1.54) is 0 Å². The zero-order chi connectivity index (χ0) is 13.4. The average Bonchev–Trinajstić information content (AvgIpc) is 2.78. The molecule has 1 aliphatic rings. The van der Waals surface area contributed by atoms with Gasteiger partial charge in [-0.1, -0.05) is 30.6 Å². The van der Waals surface area contributed by atoms with Gasteiger partial charge in [-0.05, 0) is 19.4 Å². The number of ketones is 1. The predicted octanol–water partition coefficient (Wildman–Crippen LogP) is 2.41. The molecule has 1 rings (SSSR count). The number of hydrogen-bond donors (Lipinski definition) is 2. The quantitative estimate of drug-likeness (QED) is 0.273. The van der Waals surface area contributed by atoms with Gasteiger partial charge in [0.2, 0.25) is 0 Å². The second-order valence-electron chi connectivity index (χ2n) is 4.74. The molecule has 0 amide bonds. The van der Waals surface area contributed by atoms with Crippen LogP contribution in [0.1, 0.15) is 39.0 Å². The Hall–Kier alpha value is 0.913. The van der Waals surface area contributed by atoms with Crippen LogP contribution >= 0.6 is 21.6 Å². The molecule has 0 aromatic rings. The molecule has 0 aromatic heterocycles. The van der Waals surface area contributed by atoms with Crippen LogP contribution in [0.2, 0.25) is 0 Å². The van der Waals surface area contributed by atoms with E-state index in [0.717, 1.165) is 32.2 Å². The summed E-state index contributed by atoms with van der Waals surface area (Å²) in [6, 6.07) is 0.0241. The van der Waals surface area contributed by atoms with E-state index in [2.05, 4.69) is 12.2 Å². The Morgan fingerprint density at radius 2 is 2.21 bits per heavy atom. The summed E-state index contributed by atoms with van der Waals surface area (Å²) in [7, 11) is 3.76. The van der Waals surface area contributed by atoms with Crippen LogP contribution < -0.4 is 11.1 Å². The molecule has 0 spiro atoms. The first-order valence-electron chi connectivity index (χ1n) is 6.78. The molecule has 1 radical (unpaired) electrons. The van der Waals surface area contributed by atoms with Gasteiger partial charge in [0.25, 0.3) is 0 Å². The molecule has 19 heavy (non-hydrogen) atoms. The van der Waals surface area contributed by atoms with E-state index in [1.54, 1.807) is 0 Å². The normalized spacial score (nSPS) is 23.9. The molecule has 1 saturated heterocycles. The van der Waals surface area contributed by atoms with Gasteiger partial charge in [-0.15, -0.1) is 16.0 Å². The molecule has 0 saturated carbocycles. The molecular formula is C13H25N2ORhS2-. The second kappa shape index (κ2) is 11.6. The summed E-state index contributed by atoms with van der Waals surface area (Å²) in [6.45, 7) is 7.63. The molecule has 3 N–H and O–H groups in total. The SMILES string of the molecule is [CH2-]C1CC(CNC(CCCCN)C(=O)CC)SS1.[Rh]. The molecule has 3 nitrogen and oxygen atoms in total. The number of rotatable bonds is 9. The van der Waals surface area contributed by atoms with E-state index in [1.807, 2.05) is 28.5 Å². The van der Waals surface area contributed by atoms with E-state index >= 15 is 0 Å². The van der Waals surface area contributed by atoms with Crippen molar-refractivity contribution in [3.63, 3.8) is 0 Å². The van der Waals surface area contributed by atoms with Crippen LogP contribution in [0.25, 0.3) is 0 Å². The Morgan fingerprint density at radius 3 is 2.74 bits per heavy atom. The third-order valence-corrected chi connectivity index (χ3v) is 6.30. The summed E-state index contributed by atoms with van der Waals surface area (Å²) in [6.07, 6.45) is 4.71. The van der Waals surface area contributed by atoms with Crippen molar-refractivity contribution in [2.45, 2.75) is 55.6 Å². The first-order chi connectivity index (χ1) is 8.67. The van der Waals surface area contributed by atoms with Gasteiger partial charge in [0.1, 0.15) is 5.78 Å². The largest absolute Gasteiger partial charge is 0.330 e. The van der Waals surface area contributed by atoms with Crippen molar-refractivity contribution < 1.29 is 24.3 Å². The molecule has 0 aliphatic carbocycles.